The van der Waals surface area contributed by atoms with Gasteiger partial charge in [-0.1, -0.05) is 17.7 Å². The van der Waals surface area contributed by atoms with Crippen LogP contribution in [0.3, 0.4) is 0 Å². The van der Waals surface area contributed by atoms with Gasteiger partial charge in [0.05, 0.1) is 5.56 Å². The number of aromatic hydroxyl groups is 1. The van der Waals surface area contributed by atoms with Crippen LogP contribution >= 0.6 is 11.6 Å². The first-order valence-electron chi connectivity index (χ1n) is 8.77. The molecule has 0 radical (unpaired) electrons. The zero-order valence-corrected chi connectivity index (χ0v) is 16.5. The second-order valence-electron chi connectivity index (χ2n) is 6.56. The van der Waals surface area contributed by atoms with E-state index in [0.717, 1.165) is 17.1 Å². The number of ether oxygens (including phenoxy) is 1. The van der Waals surface area contributed by atoms with E-state index >= 15 is 0 Å². The number of benzene rings is 2. The number of Topliss-reactive ketones (excluding diaryl/α,β-unsaturated/α-hetero) is 1. The van der Waals surface area contributed by atoms with Crippen molar-refractivity contribution in [2.24, 2.45) is 0 Å². The summed E-state index contributed by atoms with van der Waals surface area (Å²) in [5.41, 5.74) is 3.21. The van der Waals surface area contributed by atoms with E-state index in [4.69, 9.17) is 16.3 Å². The van der Waals surface area contributed by atoms with Gasteiger partial charge < -0.3 is 14.4 Å². The highest BCUT2D eigenvalue weighted by atomic mass is 35.5. The second kappa shape index (κ2) is 7.90. The van der Waals surface area contributed by atoms with Gasteiger partial charge in [-0.2, -0.15) is 0 Å². The second-order valence-corrected chi connectivity index (χ2v) is 7.00. The van der Waals surface area contributed by atoms with Crippen LogP contribution in [0.5, 0.6) is 5.75 Å². The van der Waals surface area contributed by atoms with Crippen molar-refractivity contribution in [2.45, 2.75) is 26.9 Å². The first kappa shape index (κ1) is 19.7. The summed E-state index contributed by atoms with van der Waals surface area (Å²) in [4.78, 5) is 25.1. The van der Waals surface area contributed by atoms with Crippen LogP contribution in [-0.2, 0) is 4.74 Å². The number of hydrogen-bond acceptors (Lipinski definition) is 4. The van der Waals surface area contributed by atoms with Crippen LogP contribution in [0.1, 0.15) is 39.0 Å². The Morgan fingerprint density at radius 3 is 2.39 bits per heavy atom. The van der Waals surface area contributed by atoms with E-state index in [2.05, 4.69) is 0 Å². The van der Waals surface area contributed by atoms with Crippen molar-refractivity contribution in [1.29, 1.82) is 0 Å². The number of nitrogens with zero attached hydrogens (tertiary/aromatic N) is 1. The van der Waals surface area contributed by atoms with E-state index in [1.54, 1.807) is 18.2 Å². The Hall–Kier alpha value is -3.05. The zero-order chi connectivity index (χ0) is 20.4. The topological polar surface area (TPSA) is 68.5 Å². The molecule has 0 fully saturated rings. The Morgan fingerprint density at radius 1 is 1.07 bits per heavy atom. The Balaban J connectivity index is 1.83. The molecule has 28 heavy (non-hydrogen) atoms. The molecule has 0 saturated heterocycles. The normalized spacial score (nSPS) is 11.9. The van der Waals surface area contributed by atoms with Gasteiger partial charge in [-0.15, -0.1) is 0 Å². The molecule has 1 aromatic heterocycles. The average Bonchev–Trinajstić information content (AvgIpc) is 2.96. The minimum absolute atomic E-state index is 0.0417. The van der Waals surface area contributed by atoms with E-state index in [0.29, 0.717) is 10.6 Å². The molecule has 1 heterocycles. The quantitative estimate of drug-likeness (QED) is 0.492. The summed E-state index contributed by atoms with van der Waals surface area (Å²) in [6.07, 6.45) is -0.964. The zero-order valence-electron chi connectivity index (χ0n) is 15.8. The molecule has 3 aromatic rings. The number of phenols is 1. The molecule has 0 unspecified atom stereocenters. The number of phenolic OH excluding ortho intramolecular Hbond substituents is 1. The highest BCUT2D eigenvalue weighted by molar-refractivity contribution is 6.30. The Morgan fingerprint density at radius 2 is 1.75 bits per heavy atom. The molecular weight excluding hydrogens is 378 g/mol. The molecule has 0 saturated carbocycles. The molecule has 0 aliphatic heterocycles. The van der Waals surface area contributed by atoms with Gasteiger partial charge in [0.2, 0.25) is 5.78 Å². The van der Waals surface area contributed by atoms with Crippen molar-refractivity contribution in [3.63, 3.8) is 0 Å². The fourth-order valence-corrected chi connectivity index (χ4v) is 3.26. The number of carbonyl (C=O) groups excluding carboxylic acids is 2. The van der Waals surface area contributed by atoms with Gasteiger partial charge in [0.25, 0.3) is 0 Å². The highest BCUT2D eigenvalue weighted by Crippen LogP contribution is 2.24. The van der Waals surface area contributed by atoms with Crippen molar-refractivity contribution in [3.05, 3.63) is 82.1 Å². The molecule has 0 amide bonds. The SMILES string of the molecule is Cc1cc(C(=O)[C@@H](C)OC(=O)c2cccc(O)c2)c(C)n1-c1ccc(Cl)cc1. The lowest BCUT2D eigenvalue weighted by Crippen LogP contribution is -2.24. The van der Waals surface area contributed by atoms with Gasteiger partial charge >= 0.3 is 5.97 Å². The van der Waals surface area contributed by atoms with Crippen molar-refractivity contribution in [1.82, 2.24) is 4.57 Å². The van der Waals surface area contributed by atoms with Gasteiger partial charge in [0.1, 0.15) is 5.75 Å². The first-order valence-corrected chi connectivity index (χ1v) is 9.15. The molecule has 0 spiro atoms. The first-order chi connectivity index (χ1) is 13.3. The summed E-state index contributed by atoms with van der Waals surface area (Å²) in [5, 5.41) is 10.1. The number of esters is 1. The largest absolute Gasteiger partial charge is 0.508 e. The molecule has 1 N–H and O–H groups in total. The summed E-state index contributed by atoms with van der Waals surface area (Å²) >= 11 is 5.96. The number of halogens is 1. The van der Waals surface area contributed by atoms with Gasteiger partial charge in [0, 0.05) is 27.7 Å². The lowest BCUT2D eigenvalue weighted by Gasteiger charge is -2.13. The molecule has 0 aliphatic rings. The highest BCUT2D eigenvalue weighted by Gasteiger charge is 2.25. The number of aryl methyl sites for hydroxylation is 1. The Bertz CT molecular complexity index is 1040. The average molecular weight is 398 g/mol. The molecule has 144 valence electrons. The van der Waals surface area contributed by atoms with E-state index in [-0.39, 0.29) is 17.1 Å². The fraction of sp³-hybridized carbons (Fsp3) is 0.182. The van der Waals surface area contributed by atoms with Crippen LogP contribution in [-0.4, -0.2) is 27.5 Å². The predicted octanol–water partition coefficient (Wildman–Crippen LogP) is 4.88. The molecule has 3 rings (SSSR count). The van der Waals surface area contributed by atoms with Crippen LogP contribution < -0.4 is 0 Å². The third-order valence-corrected chi connectivity index (χ3v) is 4.77. The van der Waals surface area contributed by atoms with Crippen LogP contribution in [0.4, 0.5) is 0 Å². The summed E-state index contributed by atoms with van der Waals surface area (Å²) in [6.45, 7) is 5.29. The fourth-order valence-electron chi connectivity index (χ4n) is 3.13. The summed E-state index contributed by atoms with van der Waals surface area (Å²) in [6, 6.07) is 14.9. The van der Waals surface area contributed by atoms with E-state index in [1.165, 1.54) is 31.2 Å². The molecule has 6 heteroatoms. The molecule has 2 aromatic carbocycles. The summed E-state index contributed by atoms with van der Waals surface area (Å²) in [7, 11) is 0. The number of carbonyl (C=O) groups is 2. The third kappa shape index (κ3) is 3.94. The molecule has 0 bridgehead atoms. The number of aromatic nitrogens is 1. The number of rotatable bonds is 5. The lowest BCUT2D eigenvalue weighted by molar-refractivity contribution is 0.0318. The van der Waals surface area contributed by atoms with Crippen LogP contribution in [0.2, 0.25) is 5.02 Å². The van der Waals surface area contributed by atoms with E-state index in [9.17, 15) is 14.7 Å². The Kier molecular flexibility index (Phi) is 5.56. The minimum Gasteiger partial charge on any atom is -0.508 e. The van der Waals surface area contributed by atoms with Gasteiger partial charge in [-0.05, 0) is 69.3 Å². The van der Waals surface area contributed by atoms with Crippen molar-refractivity contribution < 1.29 is 19.4 Å². The molecule has 1 atom stereocenters. The summed E-state index contributed by atoms with van der Waals surface area (Å²) < 4.78 is 7.26. The lowest BCUT2D eigenvalue weighted by atomic mass is 10.1. The standard InChI is InChI=1S/C22H20ClNO4/c1-13-11-20(14(2)24(13)18-9-7-17(23)8-10-18)21(26)15(3)28-22(27)16-5-4-6-19(25)12-16/h4-12,15,25H,1-3H3/t15-/m1/s1. The number of ketones is 1. The molecule has 0 aliphatic carbocycles. The van der Waals surface area contributed by atoms with Crippen LogP contribution in [0, 0.1) is 13.8 Å². The monoisotopic (exact) mass is 397 g/mol. The van der Waals surface area contributed by atoms with Crippen molar-refractivity contribution in [2.75, 3.05) is 0 Å². The van der Waals surface area contributed by atoms with Crippen LogP contribution in [0.25, 0.3) is 5.69 Å². The third-order valence-electron chi connectivity index (χ3n) is 4.52. The van der Waals surface area contributed by atoms with E-state index in [1.807, 2.05) is 30.5 Å². The van der Waals surface area contributed by atoms with E-state index < -0.39 is 12.1 Å². The maximum Gasteiger partial charge on any atom is 0.338 e. The Labute approximate surface area is 168 Å². The smallest absolute Gasteiger partial charge is 0.338 e. The van der Waals surface area contributed by atoms with Crippen molar-refractivity contribution >= 4 is 23.4 Å². The predicted molar refractivity (Wildman–Crippen MR) is 108 cm³/mol. The van der Waals surface area contributed by atoms with Crippen molar-refractivity contribution in [3.8, 4) is 11.4 Å². The van der Waals surface area contributed by atoms with Gasteiger partial charge in [-0.25, -0.2) is 4.79 Å². The maximum atomic E-state index is 12.9. The minimum atomic E-state index is -0.964. The maximum absolute atomic E-state index is 12.9. The summed E-state index contributed by atoms with van der Waals surface area (Å²) in [5.74, 6) is -0.995. The number of hydrogen-bond donors (Lipinski definition) is 1. The van der Waals surface area contributed by atoms with Gasteiger partial charge in [-0.3, -0.25) is 4.79 Å². The van der Waals surface area contributed by atoms with Crippen LogP contribution in [0.15, 0.2) is 54.6 Å². The molecule has 5 nitrogen and oxygen atoms in total. The van der Waals surface area contributed by atoms with Gasteiger partial charge in [0.15, 0.2) is 6.10 Å². The molecular formula is C22H20ClNO4.